The van der Waals surface area contributed by atoms with E-state index in [0.717, 1.165) is 5.01 Å². The first-order valence-electron chi connectivity index (χ1n) is 27.5. The SMILES string of the molecule is CNCCC(=O)c1cccc(NC(=O)Cn2cc(COCC(COC/C(N)=C/N(N)CC(=O)Nc3cccc(C(C)=O)c3)(COCc3cn(CC(=O)Nc4cccc(C(C)=O)c4)nn3)COCc3cn(CC(=O)Nc4cccc(C(C)=O)c4)nn3)nn2)c1. The molecule has 7 rings (SSSR count). The molecule has 3 heterocycles. The molecule has 0 unspecified atom stereocenters. The number of nitrogens with two attached hydrogens (primary N) is 2. The predicted molar refractivity (Wildman–Crippen MR) is 319 cm³/mol. The Kier molecular flexibility index (Phi) is 24.2. The van der Waals surface area contributed by atoms with Crippen molar-refractivity contribution in [2.75, 3.05) is 74.4 Å². The third-order valence-electron chi connectivity index (χ3n) is 12.7. The number of hydrogen-bond acceptors (Lipinski definition) is 22. The molecule has 0 fully saturated rings. The van der Waals surface area contributed by atoms with E-state index in [1.807, 2.05) is 0 Å². The first-order chi connectivity index (χ1) is 42.3. The molecule has 0 aliphatic carbocycles. The topological polar surface area (TPSA) is 381 Å². The number of carbonyl (C=O) groups is 8. The van der Waals surface area contributed by atoms with E-state index in [0.29, 0.717) is 75.1 Å². The van der Waals surface area contributed by atoms with Gasteiger partial charge in [-0.25, -0.2) is 19.9 Å². The summed E-state index contributed by atoms with van der Waals surface area (Å²) in [6.07, 6.45) is 6.22. The number of ketones is 4. The van der Waals surface area contributed by atoms with Gasteiger partial charge in [-0.15, -0.1) is 15.3 Å². The zero-order valence-corrected chi connectivity index (χ0v) is 49.0. The minimum atomic E-state index is -1.19. The van der Waals surface area contributed by atoms with E-state index in [2.05, 4.69) is 57.5 Å². The first kappa shape index (κ1) is 65.5. The maximum atomic E-state index is 13.1. The molecule has 0 saturated heterocycles. The van der Waals surface area contributed by atoms with Crippen LogP contribution in [0, 0.1) is 5.41 Å². The van der Waals surface area contributed by atoms with Gasteiger partial charge in [0, 0.05) is 64.2 Å². The Hall–Kier alpha value is -10.0. The molecule has 29 nitrogen and oxygen atoms in total. The largest absolute Gasteiger partial charge is 0.399 e. The number of hydrogen-bond donors (Lipinski definition) is 7. The minimum absolute atomic E-state index is 0.0765. The van der Waals surface area contributed by atoms with Gasteiger partial charge in [0.2, 0.25) is 23.6 Å². The molecule has 462 valence electrons. The van der Waals surface area contributed by atoms with Crippen molar-refractivity contribution in [1.29, 1.82) is 0 Å². The highest BCUT2D eigenvalue weighted by atomic mass is 16.5. The number of Topliss-reactive ketones (excluding diaryl/α,β-unsaturated/α-hetero) is 4. The van der Waals surface area contributed by atoms with Gasteiger partial charge in [-0.3, -0.25) is 38.4 Å². The highest BCUT2D eigenvalue weighted by molar-refractivity contribution is 6.00. The maximum absolute atomic E-state index is 13.1. The third-order valence-corrected chi connectivity index (χ3v) is 12.7. The monoisotopic (exact) mass is 1210 g/mol. The van der Waals surface area contributed by atoms with Crippen LogP contribution in [0.4, 0.5) is 22.7 Å². The van der Waals surface area contributed by atoms with Gasteiger partial charge in [-0.1, -0.05) is 64.2 Å². The van der Waals surface area contributed by atoms with Crippen molar-refractivity contribution >= 4 is 69.5 Å². The lowest BCUT2D eigenvalue weighted by molar-refractivity contribution is -0.117. The van der Waals surface area contributed by atoms with Crippen molar-refractivity contribution in [3.8, 4) is 0 Å². The number of ether oxygens (including phenoxy) is 4. The fraction of sp³-hybridized carbons (Fsp3) is 0.322. The van der Waals surface area contributed by atoms with Crippen molar-refractivity contribution < 1.29 is 57.3 Å². The van der Waals surface area contributed by atoms with Crippen LogP contribution in [0.15, 0.2) is 128 Å². The molecule has 9 N–H and O–H groups in total. The van der Waals surface area contributed by atoms with E-state index in [4.69, 9.17) is 30.5 Å². The van der Waals surface area contributed by atoms with Crippen LogP contribution in [0.25, 0.3) is 0 Å². The van der Waals surface area contributed by atoms with Gasteiger partial charge in [-0.2, -0.15) is 0 Å². The highest BCUT2D eigenvalue weighted by Crippen LogP contribution is 2.24. The molecule has 0 spiro atoms. The predicted octanol–water partition coefficient (Wildman–Crippen LogP) is 3.34. The van der Waals surface area contributed by atoms with Gasteiger partial charge >= 0.3 is 0 Å². The Morgan fingerprint density at radius 2 is 0.875 bits per heavy atom. The van der Waals surface area contributed by atoms with E-state index >= 15 is 0 Å². The molecule has 0 atom stereocenters. The van der Waals surface area contributed by atoms with E-state index in [1.54, 1.807) is 104 Å². The number of nitrogens with one attached hydrogen (secondary N) is 5. The zero-order valence-electron chi connectivity index (χ0n) is 49.0. The van der Waals surface area contributed by atoms with Crippen molar-refractivity contribution in [2.24, 2.45) is 17.0 Å². The fourth-order valence-electron chi connectivity index (χ4n) is 8.50. The summed E-state index contributed by atoms with van der Waals surface area (Å²) >= 11 is 0. The minimum Gasteiger partial charge on any atom is -0.399 e. The van der Waals surface area contributed by atoms with Gasteiger partial charge in [0.1, 0.15) is 43.3 Å². The number of aromatic nitrogens is 9. The van der Waals surface area contributed by atoms with Gasteiger partial charge in [-0.05, 0) is 76.3 Å². The molecule has 0 radical (unpaired) electrons. The molecule has 88 heavy (non-hydrogen) atoms. The van der Waals surface area contributed by atoms with Gasteiger partial charge in [0.15, 0.2) is 23.1 Å². The molecule has 4 amide bonds. The summed E-state index contributed by atoms with van der Waals surface area (Å²) in [7, 11) is 1.76. The van der Waals surface area contributed by atoms with E-state index in [9.17, 15) is 38.4 Å². The van der Waals surface area contributed by atoms with Crippen LogP contribution in [-0.4, -0.2) is 150 Å². The van der Waals surface area contributed by atoms with Crippen molar-refractivity contribution in [3.05, 3.63) is 167 Å². The first-order valence-corrected chi connectivity index (χ1v) is 27.5. The van der Waals surface area contributed by atoms with E-state index in [-0.39, 0.29) is 108 Å². The molecule has 29 heteroatoms. The summed E-state index contributed by atoms with van der Waals surface area (Å²) in [5.74, 6) is 3.87. The summed E-state index contributed by atoms with van der Waals surface area (Å²) in [6, 6.07) is 26.2. The molecule has 0 aliphatic heterocycles. The Morgan fingerprint density at radius 1 is 0.523 bits per heavy atom. The summed E-state index contributed by atoms with van der Waals surface area (Å²) in [5, 5.41) is 39.9. The van der Waals surface area contributed by atoms with Crippen molar-refractivity contribution in [3.63, 3.8) is 0 Å². The lowest BCUT2D eigenvalue weighted by Crippen LogP contribution is -2.42. The normalized spacial score (nSPS) is 11.4. The van der Waals surface area contributed by atoms with Crippen LogP contribution < -0.4 is 38.2 Å². The average molecular weight is 1210 g/mol. The third kappa shape index (κ3) is 21.5. The summed E-state index contributed by atoms with van der Waals surface area (Å²) in [5.41, 5.74) is 9.84. The molecule has 7 aromatic rings. The molecular weight excluding hydrogens is 1140 g/mol. The number of hydrazine groups is 1. The summed E-state index contributed by atoms with van der Waals surface area (Å²) in [6.45, 7) is 2.74. The molecule has 4 aromatic carbocycles. The van der Waals surface area contributed by atoms with E-state index < -0.39 is 29.0 Å². The van der Waals surface area contributed by atoms with Crippen molar-refractivity contribution in [2.45, 2.75) is 66.6 Å². The lowest BCUT2D eigenvalue weighted by atomic mass is 9.92. The zero-order chi connectivity index (χ0) is 63.0. The standard InChI is InChI=1S/C59H69N17O12/c1-39(77)42-9-5-13-47(19-42)63-55(81)27-73(61)23-46(60)31-85-35-59(36-86-32-51-24-74(70-67-51)28-56(82)64-48-14-6-10-43(20-48)40(2)78,37-87-33-52-25-75(71-68-52)29-57(83)65-49-15-7-11-44(21-49)41(3)79)38-88-34-53-26-76(72-69-53)30-58(84)66-50-16-8-12-45(22-50)54(80)17-18-62-4/h5-16,19-26,62H,17-18,27-38,60-61H2,1-4H3,(H,63,81)(H,64,82)(H,65,83)(H,66,84)/b46-23-. The van der Waals surface area contributed by atoms with Gasteiger partial charge in [0.05, 0.1) is 82.6 Å². The van der Waals surface area contributed by atoms with Crippen molar-refractivity contribution in [1.82, 2.24) is 55.3 Å². The average Bonchev–Trinajstić information content (AvgIpc) is 4.06. The number of rotatable bonds is 36. The van der Waals surface area contributed by atoms with Gasteiger partial charge < -0.3 is 56.3 Å². The number of nitrogens with zero attached hydrogens (tertiary/aromatic N) is 10. The second kappa shape index (κ2) is 32.5. The van der Waals surface area contributed by atoms with Crippen LogP contribution in [0.2, 0.25) is 0 Å². The molecule has 0 bridgehead atoms. The van der Waals surface area contributed by atoms with Crippen LogP contribution in [0.5, 0.6) is 0 Å². The highest BCUT2D eigenvalue weighted by Gasteiger charge is 2.34. The Balaban J connectivity index is 1.05. The quantitative estimate of drug-likeness (QED) is 0.0168. The molecule has 0 saturated carbocycles. The number of carbonyl (C=O) groups excluding carboxylic acids is 8. The van der Waals surface area contributed by atoms with E-state index in [1.165, 1.54) is 59.6 Å². The number of anilines is 4. The molecule has 0 aliphatic rings. The lowest BCUT2D eigenvalue weighted by Gasteiger charge is -2.32. The van der Waals surface area contributed by atoms with Crippen LogP contribution in [0.1, 0.15) is 85.7 Å². The molecule has 3 aromatic heterocycles. The van der Waals surface area contributed by atoms with Crippen LogP contribution in [0.3, 0.4) is 0 Å². The smallest absolute Gasteiger partial charge is 0.246 e. The molecular formula is C59H69N17O12. The number of amides is 4. The fourth-order valence-corrected chi connectivity index (χ4v) is 8.50. The summed E-state index contributed by atoms with van der Waals surface area (Å²) in [4.78, 5) is 100. The maximum Gasteiger partial charge on any atom is 0.246 e. The second-order valence-corrected chi connectivity index (χ2v) is 20.5. The number of benzene rings is 4. The van der Waals surface area contributed by atoms with Crippen LogP contribution in [-0.2, 0) is 77.6 Å². The Labute approximate surface area is 505 Å². The Bertz CT molecular complexity index is 3500. The summed E-state index contributed by atoms with van der Waals surface area (Å²) < 4.78 is 29.1. The Morgan fingerprint density at radius 3 is 1.25 bits per heavy atom. The van der Waals surface area contributed by atoms with Gasteiger partial charge in [0.25, 0.3) is 0 Å². The van der Waals surface area contributed by atoms with Crippen LogP contribution >= 0.6 is 0 Å². The second-order valence-electron chi connectivity index (χ2n) is 20.5.